The van der Waals surface area contributed by atoms with Gasteiger partial charge < -0.3 is 28.7 Å². The molecule has 36 heavy (non-hydrogen) atoms. The molecule has 0 aliphatic carbocycles. The highest BCUT2D eigenvalue weighted by Gasteiger charge is 2.32. The van der Waals surface area contributed by atoms with Crippen molar-refractivity contribution in [1.82, 2.24) is 4.90 Å². The van der Waals surface area contributed by atoms with E-state index in [0.717, 1.165) is 7.11 Å². The number of esters is 2. The number of likely N-dealkylation sites (tertiary alicyclic amines) is 1. The Morgan fingerprint density at radius 3 is 2.28 bits per heavy atom. The lowest BCUT2D eigenvalue weighted by molar-refractivity contribution is -0.139. The van der Waals surface area contributed by atoms with E-state index in [1.54, 1.807) is 17.0 Å². The number of halogens is 1. The molecule has 0 spiro atoms. The fourth-order valence-corrected chi connectivity index (χ4v) is 3.82. The van der Waals surface area contributed by atoms with Crippen molar-refractivity contribution in [3.05, 3.63) is 59.7 Å². The van der Waals surface area contributed by atoms with Crippen LogP contribution >= 0.6 is 0 Å². The molecule has 2 aliphatic rings. The molecule has 0 aromatic heterocycles. The number of methoxy groups -OCH3 is 2. The van der Waals surface area contributed by atoms with Gasteiger partial charge in [0.1, 0.15) is 28.8 Å². The second-order valence-corrected chi connectivity index (χ2v) is 9.19. The fourth-order valence-electron chi connectivity index (χ4n) is 3.82. The Kier molecular flexibility index (Phi) is 8.39. The number of hydrogen-bond donors (Lipinski definition) is 0. The number of rotatable bonds is 5. The predicted molar refractivity (Wildman–Crippen MR) is 130 cm³/mol. The fraction of sp³-hybridized carbons (Fsp3) is 0.423. The van der Waals surface area contributed by atoms with Crippen LogP contribution in [0.2, 0.25) is 0 Å². The van der Waals surface area contributed by atoms with Crippen molar-refractivity contribution in [1.29, 1.82) is 0 Å². The van der Waals surface area contributed by atoms with Crippen molar-refractivity contribution in [3.63, 3.8) is 0 Å². The van der Waals surface area contributed by atoms with E-state index in [1.807, 2.05) is 20.8 Å². The van der Waals surface area contributed by atoms with E-state index in [1.165, 1.54) is 42.5 Å². The minimum Gasteiger partial charge on any atom is -0.488 e. The van der Waals surface area contributed by atoms with Crippen LogP contribution in [0.15, 0.2) is 53.9 Å². The maximum absolute atomic E-state index is 15.3. The van der Waals surface area contributed by atoms with Crippen LogP contribution in [0.3, 0.4) is 0 Å². The minimum atomic E-state index is -0.855. The van der Waals surface area contributed by atoms with Gasteiger partial charge in [-0.2, -0.15) is 0 Å². The Balaban J connectivity index is 1.89. The summed E-state index contributed by atoms with van der Waals surface area (Å²) in [7, 11) is 2.35. The van der Waals surface area contributed by atoms with Gasteiger partial charge in [0, 0.05) is 32.1 Å². The van der Waals surface area contributed by atoms with Crippen molar-refractivity contribution >= 4 is 23.7 Å². The third kappa shape index (κ3) is 6.24. The quantitative estimate of drug-likeness (QED) is 0.439. The zero-order chi connectivity index (χ0) is 26.5. The molecule has 1 aromatic rings. The number of allylic oxidation sites excluding steroid dienone is 2. The third-order valence-corrected chi connectivity index (χ3v) is 5.47. The van der Waals surface area contributed by atoms with Crippen LogP contribution in [0.4, 0.5) is 14.9 Å². The Bertz CT molecular complexity index is 1100. The Morgan fingerprint density at radius 1 is 1.00 bits per heavy atom. The molecule has 0 atom stereocenters. The zero-order valence-corrected chi connectivity index (χ0v) is 21.1. The molecule has 2 heterocycles. The summed E-state index contributed by atoms with van der Waals surface area (Å²) < 4.78 is 36.6. The summed E-state index contributed by atoms with van der Waals surface area (Å²) in [5.74, 6) is -2.14. The molecule has 3 rings (SSSR count). The number of amides is 1. The highest BCUT2D eigenvalue weighted by molar-refractivity contribution is 6.05. The van der Waals surface area contributed by atoms with Crippen molar-refractivity contribution < 1.29 is 37.7 Å². The van der Waals surface area contributed by atoms with Crippen molar-refractivity contribution in [2.45, 2.75) is 45.3 Å². The Hall–Kier alpha value is -3.82. The lowest BCUT2D eigenvalue weighted by atomic mass is 10.1. The van der Waals surface area contributed by atoms with Gasteiger partial charge in [0.2, 0.25) is 0 Å². The van der Waals surface area contributed by atoms with Crippen LogP contribution in [-0.2, 0) is 23.8 Å². The van der Waals surface area contributed by atoms with Crippen LogP contribution < -0.4 is 9.64 Å². The van der Waals surface area contributed by atoms with Gasteiger partial charge in [-0.3, -0.25) is 0 Å². The first-order chi connectivity index (χ1) is 17.1. The molecule has 194 valence electrons. The second-order valence-electron chi connectivity index (χ2n) is 9.19. The van der Waals surface area contributed by atoms with Gasteiger partial charge in [-0.1, -0.05) is 12.1 Å². The largest absolute Gasteiger partial charge is 0.488 e. The van der Waals surface area contributed by atoms with Gasteiger partial charge >= 0.3 is 18.0 Å². The average molecular weight is 503 g/mol. The number of benzene rings is 1. The SMILES string of the molecule is COC(=O)C1=C(C(=O)OC)N(c2c(F)cccc2OC2CCN(C(=O)OC(C)(C)C)CC2)C=CC=C1. The normalized spacial score (nSPS) is 16.5. The first-order valence-electron chi connectivity index (χ1n) is 11.5. The first-order valence-corrected chi connectivity index (χ1v) is 11.5. The van der Waals surface area contributed by atoms with E-state index < -0.39 is 29.5 Å². The Labute approximate surface area is 209 Å². The van der Waals surface area contributed by atoms with Gasteiger partial charge in [-0.25, -0.2) is 18.8 Å². The molecule has 2 aliphatic heterocycles. The second kappa shape index (κ2) is 11.3. The minimum absolute atomic E-state index is 0.0613. The maximum atomic E-state index is 15.3. The lowest BCUT2D eigenvalue weighted by Gasteiger charge is -2.34. The molecule has 0 radical (unpaired) electrons. The summed E-state index contributed by atoms with van der Waals surface area (Å²) in [6, 6.07) is 4.30. The molecule has 1 saturated heterocycles. The van der Waals surface area contributed by atoms with Crippen LogP contribution in [0.1, 0.15) is 33.6 Å². The summed E-state index contributed by atoms with van der Waals surface area (Å²) in [5, 5.41) is 0. The Morgan fingerprint density at radius 2 is 1.67 bits per heavy atom. The molecular weight excluding hydrogens is 471 g/mol. The van der Waals surface area contributed by atoms with E-state index in [-0.39, 0.29) is 28.8 Å². The average Bonchev–Trinajstić information content (AvgIpc) is 3.05. The number of piperidine rings is 1. The molecule has 10 heteroatoms. The molecule has 0 unspecified atom stereocenters. The molecule has 0 N–H and O–H groups in total. The highest BCUT2D eigenvalue weighted by atomic mass is 19.1. The van der Waals surface area contributed by atoms with E-state index >= 15 is 4.39 Å². The molecule has 1 amide bonds. The van der Waals surface area contributed by atoms with Crippen molar-refractivity contribution in [2.75, 3.05) is 32.2 Å². The van der Waals surface area contributed by atoms with E-state index in [4.69, 9.17) is 18.9 Å². The van der Waals surface area contributed by atoms with E-state index in [2.05, 4.69) is 0 Å². The van der Waals surface area contributed by atoms with Gasteiger partial charge in [-0.05, 0) is 45.1 Å². The zero-order valence-electron chi connectivity index (χ0n) is 21.1. The number of ether oxygens (including phenoxy) is 4. The van der Waals surface area contributed by atoms with Gasteiger partial charge in [0.15, 0.2) is 5.82 Å². The number of carbonyl (C=O) groups is 3. The topological polar surface area (TPSA) is 94.6 Å². The number of nitrogens with zero attached hydrogens (tertiary/aromatic N) is 2. The summed E-state index contributed by atoms with van der Waals surface area (Å²) >= 11 is 0. The number of hydrogen-bond acceptors (Lipinski definition) is 8. The van der Waals surface area contributed by atoms with Gasteiger partial charge in [0.05, 0.1) is 19.8 Å². The van der Waals surface area contributed by atoms with Gasteiger partial charge in [0.25, 0.3) is 0 Å². The molecule has 0 bridgehead atoms. The van der Waals surface area contributed by atoms with Crippen LogP contribution in [-0.4, -0.2) is 61.9 Å². The maximum Gasteiger partial charge on any atom is 0.410 e. The smallest absolute Gasteiger partial charge is 0.410 e. The summed E-state index contributed by atoms with van der Waals surface area (Å²) in [6.07, 6.45) is 6.20. The van der Waals surface area contributed by atoms with Crippen LogP contribution in [0.25, 0.3) is 0 Å². The number of carbonyl (C=O) groups excluding carboxylic acids is 3. The van der Waals surface area contributed by atoms with E-state index in [0.29, 0.717) is 25.9 Å². The molecule has 9 nitrogen and oxygen atoms in total. The monoisotopic (exact) mass is 502 g/mol. The van der Waals surface area contributed by atoms with Gasteiger partial charge in [-0.15, -0.1) is 0 Å². The van der Waals surface area contributed by atoms with Crippen LogP contribution in [0, 0.1) is 5.82 Å². The molecular formula is C26H31FN2O7. The third-order valence-electron chi connectivity index (χ3n) is 5.47. The summed E-state index contributed by atoms with van der Waals surface area (Å²) in [6.45, 7) is 6.25. The summed E-state index contributed by atoms with van der Waals surface area (Å²) in [5.41, 5.74) is -0.975. The number of anilines is 1. The predicted octanol–water partition coefficient (Wildman–Crippen LogP) is 4.09. The molecule has 1 aromatic carbocycles. The van der Waals surface area contributed by atoms with E-state index in [9.17, 15) is 14.4 Å². The number of para-hydroxylation sites is 1. The van der Waals surface area contributed by atoms with Crippen LogP contribution in [0.5, 0.6) is 5.75 Å². The lowest BCUT2D eigenvalue weighted by Crippen LogP contribution is -2.44. The molecule has 1 fully saturated rings. The first kappa shape index (κ1) is 26.8. The molecule has 0 saturated carbocycles. The van der Waals surface area contributed by atoms with Crippen molar-refractivity contribution in [2.24, 2.45) is 0 Å². The standard InChI is InChI=1S/C26H31FN2O7/c1-26(2,3)36-25(32)28-15-12-17(13-16-28)35-20-11-8-10-19(27)22(20)29-14-7-6-9-18(23(30)33-4)21(29)24(31)34-5/h6-11,14,17H,12-13,15-16H2,1-5H3. The van der Waals surface area contributed by atoms with Crippen molar-refractivity contribution in [3.8, 4) is 5.75 Å². The highest BCUT2D eigenvalue weighted by Crippen LogP contribution is 2.37. The summed E-state index contributed by atoms with van der Waals surface area (Å²) in [4.78, 5) is 40.4.